The SMILES string of the molecule is CCCCc1ccc(N(C(C)=O)C2CSC(=NC3CCCCC3)N2CCCC)cc1. The molecule has 1 heterocycles. The molecule has 1 aliphatic carbocycles. The molecule has 30 heavy (non-hydrogen) atoms. The van der Waals surface area contributed by atoms with Crippen LogP contribution in [0.25, 0.3) is 0 Å². The minimum Gasteiger partial charge on any atom is -0.330 e. The van der Waals surface area contributed by atoms with Gasteiger partial charge in [0.15, 0.2) is 5.17 Å². The van der Waals surface area contributed by atoms with Gasteiger partial charge in [0.2, 0.25) is 5.91 Å². The summed E-state index contributed by atoms with van der Waals surface area (Å²) in [5, 5.41) is 1.16. The highest BCUT2D eigenvalue weighted by atomic mass is 32.2. The number of carbonyl (C=O) groups is 1. The number of amides is 1. The molecule has 1 amide bonds. The van der Waals surface area contributed by atoms with Gasteiger partial charge in [-0.3, -0.25) is 14.7 Å². The topological polar surface area (TPSA) is 35.9 Å². The third-order valence-electron chi connectivity index (χ3n) is 6.26. The number of hydrogen-bond donors (Lipinski definition) is 0. The van der Waals surface area contributed by atoms with Crippen molar-refractivity contribution in [1.82, 2.24) is 4.90 Å². The van der Waals surface area contributed by atoms with Gasteiger partial charge in [-0.2, -0.15) is 0 Å². The van der Waals surface area contributed by atoms with E-state index in [9.17, 15) is 4.79 Å². The van der Waals surface area contributed by atoms with Crippen LogP contribution in [-0.2, 0) is 11.2 Å². The Kier molecular flexibility index (Phi) is 9.10. The van der Waals surface area contributed by atoms with Gasteiger partial charge in [0.25, 0.3) is 0 Å². The summed E-state index contributed by atoms with van der Waals surface area (Å²) in [6, 6.07) is 9.11. The monoisotopic (exact) mass is 429 g/mol. The number of rotatable bonds is 9. The number of nitrogens with zero attached hydrogens (tertiary/aromatic N) is 3. The van der Waals surface area contributed by atoms with E-state index in [0.29, 0.717) is 6.04 Å². The number of aryl methyl sites for hydroxylation is 1. The Bertz CT molecular complexity index is 697. The second-order valence-electron chi connectivity index (χ2n) is 8.70. The average molecular weight is 430 g/mol. The van der Waals surface area contributed by atoms with Gasteiger partial charge in [-0.25, -0.2) is 0 Å². The molecule has 2 fully saturated rings. The lowest BCUT2D eigenvalue weighted by Gasteiger charge is -2.35. The van der Waals surface area contributed by atoms with Crippen LogP contribution in [0.4, 0.5) is 5.69 Å². The molecule has 0 radical (unpaired) electrons. The normalized spacial score (nSPS) is 21.4. The second-order valence-corrected chi connectivity index (χ2v) is 9.69. The van der Waals surface area contributed by atoms with Crippen LogP contribution in [0.2, 0.25) is 0 Å². The van der Waals surface area contributed by atoms with Crippen LogP contribution in [0.1, 0.15) is 84.1 Å². The first kappa shape index (κ1) is 23.2. The molecular formula is C25H39N3OS. The molecular weight excluding hydrogens is 390 g/mol. The Balaban J connectivity index is 1.81. The molecule has 166 valence electrons. The second kappa shape index (κ2) is 11.8. The molecule has 0 spiro atoms. The van der Waals surface area contributed by atoms with E-state index in [2.05, 4.69) is 43.0 Å². The van der Waals surface area contributed by atoms with Crippen molar-refractivity contribution in [3.8, 4) is 0 Å². The molecule has 1 saturated heterocycles. The van der Waals surface area contributed by atoms with Crippen LogP contribution in [-0.4, -0.2) is 40.5 Å². The van der Waals surface area contributed by atoms with Gasteiger partial charge in [-0.05, 0) is 49.8 Å². The summed E-state index contributed by atoms with van der Waals surface area (Å²) in [4.78, 5) is 22.3. The van der Waals surface area contributed by atoms with Crippen LogP contribution >= 0.6 is 11.8 Å². The molecule has 1 aromatic carbocycles. The molecule has 3 rings (SSSR count). The van der Waals surface area contributed by atoms with Gasteiger partial charge in [0, 0.05) is 24.9 Å². The Morgan fingerprint density at radius 3 is 2.43 bits per heavy atom. The first-order valence-electron chi connectivity index (χ1n) is 12.0. The molecule has 0 N–H and O–H groups in total. The lowest BCUT2D eigenvalue weighted by Crippen LogP contribution is -2.50. The minimum atomic E-state index is 0.0582. The number of benzene rings is 1. The number of aliphatic imine (C=N–C) groups is 1. The Morgan fingerprint density at radius 2 is 1.80 bits per heavy atom. The first-order valence-corrected chi connectivity index (χ1v) is 13.0. The molecule has 1 aliphatic heterocycles. The average Bonchev–Trinajstić information content (AvgIpc) is 3.14. The van der Waals surface area contributed by atoms with Crippen molar-refractivity contribution in [3.05, 3.63) is 29.8 Å². The molecule has 2 aliphatic rings. The standard InChI is InChI=1S/C25H39N3OS/c1-4-6-11-21-14-16-23(17-15-21)28(20(3)29)24-19-30-25(27(24)18-7-5-2)26-22-12-9-8-10-13-22/h14-17,22,24H,4-13,18-19H2,1-3H3. The van der Waals surface area contributed by atoms with Crippen LogP contribution < -0.4 is 4.90 Å². The van der Waals surface area contributed by atoms with Gasteiger partial charge >= 0.3 is 0 Å². The number of anilines is 1. The zero-order valence-corrected chi connectivity index (χ0v) is 19.9. The Hall–Kier alpha value is -1.49. The van der Waals surface area contributed by atoms with E-state index in [1.165, 1.54) is 50.5 Å². The minimum absolute atomic E-state index is 0.0582. The predicted octanol–water partition coefficient (Wildman–Crippen LogP) is 6.25. The largest absolute Gasteiger partial charge is 0.330 e. The summed E-state index contributed by atoms with van der Waals surface area (Å²) < 4.78 is 0. The zero-order valence-electron chi connectivity index (χ0n) is 19.1. The number of thioether (sulfide) groups is 1. The van der Waals surface area contributed by atoms with Gasteiger partial charge in [-0.15, -0.1) is 0 Å². The van der Waals surface area contributed by atoms with Gasteiger partial charge in [0.05, 0.1) is 6.04 Å². The fourth-order valence-electron chi connectivity index (χ4n) is 4.48. The van der Waals surface area contributed by atoms with E-state index in [-0.39, 0.29) is 12.1 Å². The van der Waals surface area contributed by atoms with Crippen LogP contribution in [0, 0.1) is 0 Å². The molecule has 1 atom stereocenters. The molecule has 0 bridgehead atoms. The van der Waals surface area contributed by atoms with E-state index in [1.807, 2.05) is 16.7 Å². The van der Waals surface area contributed by atoms with Crippen molar-refractivity contribution < 1.29 is 4.79 Å². The third kappa shape index (κ3) is 6.03. The zero-order chi connectivity index (χ0) is 21.3. The van der Waals surface area contributed by atoms with E-state index < -0.39 is 0 Å². The van der Waals surface area contributed by atoms with Crippen molar-refractivity contribution in [2.75, 3.05) is 17.2 Å². The third-order valence-corrected chi connectivity index (χ3v) is 7.32. The van der Waals surface area contributed by atoms with Crippen LogP contribution in [0.15, 0.2) is 29.3 Å². The predicted molar refractivity (Wildman–Crippen MR) is 130 cm³/mol. The maximum atomic E-state index is 12.8. The summed E-state index contributed by atoms with van der Waals surface area (Å²) in [7, 11) is 0. The van der Waals surface area contributed by atoms with Crippen molar-refractivity contribution >= 4 is 28.5 Å². The Morgan fingerprint density at radius 1 is 1.10 bits per heavy atom. The van der Waals surface area contributed by atoms with Crippen molar-refractivity contribution in [2.45, 2.75) is 97.2 Å². The lowest BCUT2D eigenvalue weighted by molar-refractivity contribution is -0.117. The molecule has 1 aromatic rings. The fourth-order valence-corrected chi connectivity index (χ4v) is 5.71. The smallest absolute Gasteiger partial charge is 0.225 e. The summed E-state index contributed by atoms with van der Waals surface area (Å²) in [6.07, 6.45) is 12.2. The maximum Gasteiger partial charge on any atom is 0.225 e. The molecule has 1 saturated carbocycles. The molecule has 4 nitrogen and oxygen atoms in total. The van der Waals surface area contributed by atoms with Crippen molar-refractivity contribution in [2.24, 2.45) is 4.99 Å². The lowest BCUT2D eigenvalue weighted by atomic mass is 9.96. The van der Waals surface area contributed by atoms with Crippen molar-refractivity contribution in [1.29, 1.82) is 0 Å². The summed E-state index contributed by atoms with van der Waals surface area (Å²) in [6.45, 7) is 7.12. The molecule has 0 aromatic heterocycles. The van der Waals surface area contributed by atoms with E-state index in [1.54, 1.807) is 6.92 Å². The van der Waals surface area contributed by atoms with E-state index >= 15 is 0 Å². The highest BCUT2D eigenvalue weighted by molar-refractivity contribution is 8.14. The van der Waals surface area contributed by atoms with Gasteiger partial charge < -0.3 is 4.90 Å². The summed E-state index contributed by atoms with van der Waals surface area (Å²) >= 11 is 1.84. The Labute approximate surface area is 187 Å². The number of carbonyl (C=O) groups excluding carboxylic acids is 1. The quantitative estimate of drug-likeness (QED) is 0.466. The van der Waals surface area contributed by atoms with Gasteiger partial charge in [-0.1, -0.05) is 69.8 Å². The first-order chi connectivity index (χ1) is 14.6. The van der Waals surface area contributed by atoms with Crippen molar-refractivity contribution in [3.63, 3.8) is 0 Å². The van der Waals surface area contributed by atoms with Crippen LogP contribution in [0.5, 0.6) is 0 Å². The number of amidine groups is 1. The summed E-state index contributed by atoms with van der Waals surface area (Å²) in [5.74, 6) is 1.01. The highest BCUT2D eigenvalue weighted by Gasteiger charge is 2.36. The molecule has 5 heteroatoms. The van der Waals surface area contributed by atoms with E-state index in [0.717, 1.165) is 42.4 Å². The highest BCUT2D eigenvalue weighted by Crippen LogP contribution is 2.32. The van der Waals surface area contributed by atoms with Crippen LogP contribution in [0.3, 0.4) is 0 Å². The maximum absolute atomic E-state index is 12.8. The number of hydrogen-bond acceptors (Lipinski definition) is 3. The number of unbranched alkanes of at least 4 members (excludes halogenated alkanes) is 2. The molecule has 1 unspecified atom stereocenters. The fraction of sp³-hybridized carbons (Fsp3) is 0.680. The van der Waals surface area contributed by atoms with E-state index in [4.69, 9.17) is 4.99 Å². The summed E-state index contributed by atoms with van der Waals surface area (Å²) in [5.41, 5.74) is 2.36. The van der Waals surface area contributed by atoms with Gasteiger partial charge in [0.1, 0.15) is 6.17 Å².